The molecule has 19 heavy (non-hydrogen) atoms. The molecule has 3 heteroatoms. The standard InChI is InChI=1S/C16H30N2O/c1-3-14-6-8-15(9-7-14)12-17-13(2)16(19)18-10-4-5-11-18/h13-15,17H,3-12H2,1-2H3. The van der Waals surface area contributed by atoms with E-state index >= 15 is 0 Å². The molecular formula is C16H30N2O. The number of hydrogen-bond donors (Lipinski definition) is 1. The van der Waals surface area contributed by atoms with Gasteiger partial charge >= 0.3 is 0 Å². The first-order chi connectivity index (χ1) is 9.20. The van der Waals surface area contributed by atoms with E-state index < -0.39 is 0 Å². The van der Waals surface area contributed by atoms with Crippen LogP contribution in [0.2, 0.25) is 0 Å². The van der Waals surface area contributed by atoms with Crippen molar-refractivity contribution in [3.05, 3.63) is 0 Å². The maximum atomic E-state index is 12.2. The zero-order chi connectivity index (χ0) is 13.7. The lowest BCUT2D eigenvalue weighted by Crippen LogP contribution is -2.45. The van der Waals surface area contributed by atoms with Crippen LogP contribution in [0.4, 0.5) is 0 Å². The lowest BCUT2D eigenvalue weighted by atomic mass is 9.81. The summed E-state index contributed by atoms with van der Waals surface area (Å²) in [4.78, 5) is 14.2. The molecule has 1 atom stereocenters. The third kappa shape index (κ3) is 4.20. The van der Waals surface area contributed by atoms with Gasteiger partial charge in [-0.3, -0.25) is 4.79 Å². The van der Waals surface area contributed by atoms with Crippen LogP contribution in [0.3, 0.4) is 0 Å². The van der Waals surface area contributed by atoms with Crippen LogP contribution in [-0.4, -0.2) is 36.5 Å². The van der Waals surface area contributed by atoms with Gasteiger partial charge in [-0.05, 0) is 51.0 Å². The van der Waals surface area contributed by atoms with Crippen molar-refractivity contribution in [2.45, 2.75) is 64.8 Å². The second-order valence-electron chi connectivity index (χ2n) is 6.46. The normalized spacial score (nSPS) is 29.5. The number of hydrogen-bond acceptors (Lipinski definition) is 2. The Kier molecular flexibility index (Phi) is 5.68. The minimum atomic E-state index is 0.00185. The van der Waals surface area contributed by atoms with E-state index in [4.69, 9.17) is 0 Å². The average Bonchev–Trinajstić information content (AvgIpc) is 2.98. The van der Waals surface area contributed by atoms with Crippen LogP contribution in [0.15, 0.2) is 0 Å². The van der Waals surface area contributed by atoms with Crippen LogP contribution >= 0.6 is 0 Å². The molecule has 0 radical (unpaired) electrons. The molecule has 0 aromatic rings. The second-order valence-corrected chi connectivity index (χ2v) is 6.46. The number of likely N-dealkylation sites (tertiary alicyclic amines) is 1. The fourth-order valence-corrected chi connectivity index (χ4v) is 3.49. The summed E-state index contributed by atoms with van der Waals surface area (Å²) in [7, 11) is 0. The highest BCUT2D eigenvalue weighted by Gasteiger charge is 2.25. The molecule has 0 aromatic heterocycles. The number of carbonyl (C=O) groups excluding carboxylic acids is 1. The van der Waals surface area contributed by atoms with E-state index in [1.54, 1.807) is 0 Å². The molecular weight excluding hydrogens is 236 g/mol. The third-order valence-corrected chi connectivity index (χ3v) is 5.04. The van der Waals surface area contributed by atoms with Crippen molar-refractivity contribution < 1.29 is 4.79 Å². The van der Waals surface area contributed by atoms with Gasteiger partial charge in [-0.15, -0.1) is 0 Å². The highest BCUT2D eigenvalue weighted by Crippen LogP contribution is 2.30. The molecule has 0 aromatic carbocycles. The summed E-state index contributed by atoms with van der Waals surface area (Å²) < 4.78 is 0. The summed E-state index contributed by atoms with van der Waals surface area (Å²) in [6.45, 7) is 7.29. The first kappa shape index (κ1) is 14.8. The van der Waals surface area contributed by atoms with E-state index in [-0.39, 0.29) is 6.04 Å². The zero-order valence-electron chi connectivity index (χ0n) is 12.7. The maximum Gasteiger partial charge on any atom is 0.239 e. The first-order valence-corrected chi connectivity index (χ1v) is 8.23. The molecule has 1 amide bonds. The topological polar surface area (TPSA) is 32.3 Å². The Bertz CT molecular complexity index is 278. The van der Waals surface area contributed by atoms with Crippen molar-refractivity contribution in [2.24, 2.45) is 11.8 Å². The summed E-state index contributed by atoms with van der Waals surface area (Å²) in [6.07, 6.45) is 9.16. The first-order valence-electron chi connectivity index (χ1n) is 8.23. The lowest BCUT2D eigenvalue weighted by molar-refractivity contribution is -0.132. The van der Waals surface area contributed by atoms with Crippen molar-refractivity contribution in [3.8, 4) is 0 Å². The largest absolute Gasteiger partial charge is 0.341 e. The molecule has 2 rings (SSSR count). The number of nitrogens with one attached hydrogen (secondary N) is 1. The molecule has 110 valence electrons. The Morgan fingerprint density at radius 1 is 1.16 bits per heavy atom. The van der Waals surface area contributed by atoms with E-state index in [9.17, 15) is 4.79 Å². The highest BCUT2D eigenvalue weighted by atomic mass is 16.2. The highest BCUT2D eigenvalue weighted by molar-refractivity contribution is 5.81. The fourth-order valence-electron chi connectivity index (χ4n) is 3.49. The molecule has 1 saturated heterocycles. The van der Waals surface area contributed by atoms with Crippen LogP contribution < -0.4 is 5.32 Å². The van der Waals surface area contributed by atoms with Gasteiger partial charge in [0.1, 0.15) is 0 Å². The Balaban J connectivity index is 1.66. The van der Waals surface area contributed by atoms with E-state index in [2.05, 4.69) is 12.2 Å². The Labute approximate surface area is 118 Å². The van der Waals surface area contributed by atoms with Crippen LogP contribution in [0.5, 0.6) is 0 Å². The van der Waals surface area contributed by atoms with Gasteiger partial charge in [0.05, 0.1) is 6.04 Å². The van der Waals surface area contributed by atoms with Gasteiger partial charge < -0.3 is 10.2 Å². The fraction of sp³-hybridized carbons (Fsp3) is 0.938. The Hall–Kier alpha value is -0.570. The van der Waals surface area contributed by atoms with Gasteiger partial charge in [0.15, 0.2) is 0 Å². The quantitative estimate of drug-likeness (QED) is 0.830. The van der Waals surface area contributed by atoms with Crippen molar-refractivity contribution in [2.75, 3.05) is 19.6 Å². The molecule has 3 nitrogen and oxygen atoms in total. The Morgan fingerprint density at radius 2 is 1.74 bits per heavy atom. The van der Waals surface area contributed by atoms with Crippen molar-refractivity contribution in [1.29, 1.82) is 0 Å². The average molecular weight is 266 g/mol. The van der Waals surface area contributed by atoms with Crippen LogP contribution in [-0.2, 0) is 4.79 Å². The molecule has 1 aliphatic carbocycles. The van der Waals surface area contributed by atoms with Crippen molar-refractivity contribution in [1.82, 2.24) is 10.2 Å². The predicted octanol–water partition coefficient (Wildman–Crippen LogP) is 2.80. The van der Waals surface area contributed by atoms with E-state index in [1.807, 2.05) is 11.8 Å². The SMILES string of the molecule is CCC1CCC(CNC(C)C(=O)N2CCCC2)CC1. The summed E-state index contributed by atoms with van der Waals surface area (Å²) in [5, 5.41) is 3.47. The number of carbonyl (C=O) groups is 1. The summed E-state index contributed by atoms with van der Waals surface area (Å²) in [6, 6.07) is 0.00185. The van der Waals surface area contributed by atoms with Gasteiger partial charge in [0.2, 0.25) is 5.91 Å². The zero-order valence-corrected chi connectivity index (χ0v) is 12.7. The van der Waals surface area contributed by atoms with Gasteiger partial charge in [-0.2, -0.15) is 0 Å². The minimum Gasteiger partial charge on any atom is -0.341 e. The molecule has 2 fully saturated rings. The molecule has 1 saturated carbocycles. The van der Waals surface area contributed by atoms with E-state index in [0.717, 1.165) is 31.5 Å². The van der Waals surface area contributed by atoms with Crippen LogP contribution in [0.25, 0.3) is 0 Å². The van der Waals surface area contributed by atoms with Gasteiger partial charge in [0.25, 0.3) is 0 Å². The molecule has 1 unspecified atom stereocenters. The molecule has 1 N–H and O–H groups in total. The summed E-state index contributed by atoms with van der Waals surface area (Å²) in [5.74, 6) is 2.05. The number of nitrogens with zero attached hydrogens (tertiary/aromatic N) is 1. The predicted molar refractivity (Wildman–Crippen MR) is 79.0 cm³/mol. The molecule has 1 heterocycles. The molecule has 2 aliphatic rings. The van der Waals surface area contributed by atoms with E-state index in [0.29, 0.717) is 5.91 Å². The smallest absolute Gasteiger partial charge is 0.239 e. The summed E-state index contributed by atoms with van der Waals surface area (Å²) >= 11 is 0. The maximum absolute atomic E-state index is 12.2. The van der Waals surface area contributed by atoms with Crippen LogP contribution in [0.1, 0.15) is 58.8 Å². The van der Waals surface area contributed by atoms with E-state index in [1.165, 1.54) is 44.9 Å². The second kappa shape index (κ2) is 7.28. The van der Waals surface area contributed by atoms with Crippen molar-refractivity contribution >= 4 is 5.91 Å². The summed E-state index contributed by atoms with van der Waals surface area (Å²) in [5.41, 5.74) is 0. The monoisotopic (exact) mass is 266 g/mol. The van der Waals surface area contributed by atoms with Crippen LogP contribution in [0, 0.1) is 11.8 Å². The molecule has 0 spiro atoms. The third-order valence-electron chi connectivity index (χ3n) is 5.04. The number of rotatable bonds is 5. The minimum absolute atomic E-state index is 0.00185. The van der Waals surface area contributed by atoms with Gasteiger partial charge in [0, 0.05) is 13.1 Å². The number of amides is 1. The van der Waals surface area contributed by atoms with Gasteiger partial charge in [-0.1, -0.05) is 26.2 Å². The lowest BCUT2D eigenvalue weighted by Gasteiger charge is -2.29. The molecule has 0 bridgehead atoms. The van der Waals surface area contributed by atoms with Crippen molar-refractivity contribution in [3.63, 3.8) is 0 Å². The van der Waals surface area contributed by atoms with Gasteiger partial charge in [-0.25, -0.2) is 0 Å². The molecule has 1 aliphatic heterocycles. The Morgan fingerprint density at radius 3 is 2.32 bits per heavy atom.